The first-order chi connectivity index (χ1) is 18.0. The number of hydrogen-bond acceptors (Lipinski definition) is 9. The van der Waals surface area contributed by atoms with Crippen molar-refractivity contribution in [2.24, 2.45) is 0 Å². The average molecular weight is 585 g/mol. The second kappa shape index (κ2) is 17.7. The van der Waals surface area contributed by atoms with E-state index in [4.69, 9.17) is 18.6 Å². The second-order valence-electron chi connectivity index (χ2n) is 8.88. The van der Waals surface area contributed by atoms with Gasteiger partial charge in [0.25, 0.3) is 0 Å². The molecule has 0 spiro atoms. The molecular weight excluding hydrogens is 543 g/mol. The Kier molecular flexibility index (Phi) is 16.0. The molecule has 0 heterocycles. The molecule has 0 aliphatic rings. The van der Waals surface area contributed by atoms with Crippen molar-refractivity contribution in [1.82, 2.24) is 0 Å². The van der Waals surface area contributed by atoms with Crippen molar-refractivity contribution >= 4 is 42.5 Å². The number of benzene rings is 2. The van der Waals surface area contributed by atoms with Crippen molar-refractivity contribution < 1.29 is 33.0 Å². The number of ether oxygens (including phenoxy) is 1. The molecule has 1 unspecified atom stereocenters. The Morgan fingerprint density at radius 3 is 2.18 bits per heavy atom. The molecule has 0 aliphatic carbocycles. The van der Waals surface area contributed by atoms with Crippen LogP contribution in [0.4, 0.5) is 0 Å². The third-order valence-corrected chi connectivity index (χ3v) is 8.36. The minimum absolute atomic E-state index is 0.0123. The van der Waals surface area contributed by atoms with Crippen LogP contribution < -0.4 is 4.74 Å². The van der Waals surface area contributed by atoms with Gasteiger partial charge in [-0.05, 0) is 85.4 Å². The highest BCUT2D eigenvalue weighted by atomic mass is 32.2. The Bertz CT molecular complexity index is 1070. The Balaban J connectivity index is 0.00000229. The summed E-state index contributed by atoms with van der Waals surface area (Å²) in [6.45, 7) is 11.6. The van der Waals surface area contributed by atoms with E-state index in [0.29, 0.717) is 29.6 Å². The topological polar surface area (TPSA) is 99.1 Å². The minimum Gasteiger partial charge on any atom is -0.508 e. The molecule has 10 heteroatoms. The average Bonchev–Trinajstić information content (AvgIpc) is 2.84. The molecule has 0 fully saturated rings. The van der Waals surface area contributed by atoms with Crippen LogP contribution in [0, 0.1) is 13.8 Å². The van der Waals surface area contributed by atoms with Crippen molar-refractivity contribution in [3.8, 4) is 11.5 Å². The molecule has 7 nitrogen and oxygen atoms in total. The van der Waals surface area contributed by atoms with Gasteiger partial charge in [0.15, 0.2) is 11.5 Å². The number of aromatic hydroxyl groups is 1. The molecule has 0 radical (unpaired) electrons. The number of aldehydes is 1. The third kappa shape index (κ3) is 12.4. The number of rotatable bonds is 14. The highest BCUT2D eigenvalue weighted by molar-refractivity contribution is 8.13. The largest absolute Gasteiger partial charge is 0.508 e. The minimum atomic E-state index is -3.47. The molecule has 0 aliphatic heterocycles. The molecule has 0 saturated carbocycles. The first-order valence-electron chi connectivity index (χ1n) is 12.4. The maximum atomic E-state index is 13.2. The van der Waals surface area contributed by atoms with Gasteiger partial charge in [0, 0.05) is 18.4 Å². The summed E-state index contributed by atoms with van der Waals surface area (Å²) in [6, 6.07) is 9.64. The Morgan fingerprint density at radius 2 is 1.66 bits per heavy atom. The van der Waals surface area contributed by atoms with Crippen molar-refractivity contribution in [3.63, 3.8) is 0 Å². The monoisotopic (exact) mass is 584 g/mol. The quantitative estimate of drug-likeness (QED) is 0.141. The molecule has 1 atom stereocenters. The fourth-order valence-electron chi connectivity index (χ4n) is 3.58. The van der Waals surface area contributed by atoms with Crippen LogP contribution in [-0.4, -0.2) is 53.8 Å². The van der Waals surface area contributed by atoms with Gasteiger partial charge in [-0.25, -0.2) is 0 Å². The number of phenolic OH excluding ortho intramolecular Hbond substituents is 1. The van der Waals surface area contributed by atoms with Crippen molar-refractivity contribution in [2.75, 3.05) is 37.3 Å². The molecule has 0 amide bonds. The van der Waals surface area contributed by atoms with E-state index in [1.807, 2.05) is 38.3 Å². The van der Waals surface area contributed by atoms with Crippen molar-refractivity contribution in [2.45, 2.75) is 53.9 Å². The van der Waals surface area contributed by atoms with Gasteiger partial charge < -0.3 is 23.7 Å². The van der Waals surface area contributed by atoms with Gasteiger partial charge in [0.05, 0.1) is 13.2 Å². The number of carbonyl (C=O) groups is 2. The second-order valence-corrected chi connectivity index (χ2v) is 13.1. The van der Waals surface area contributed by atoms with Gasteiger partial charge in [-0.2, -0.15) is 11.8 Å². The molecule has 212 valence electrons. The lowest BCUT2D eigenvalue weighted by atomic mass is 9.93. The number of hydrogen-bond donors (Lipinski definition) is 1. The van der Waals surface area contributed by atoms with E-state index < -0.39 is 7.60 Å². The third-order valence-electron chi connectivity index (χ3n) is 5.41. The molecular formula is C28H41O7PS2. The summed E-state index contributed by atoms with van der Waals surface area (Å²) < 4.78 is 30.2. The fourth-order valence-corrected chi connectivity index (χ4v) is 5.80. The SMILES string of the molecule is CC=O.CSCCOP(=O)(COc1cc(C)c(Cc2ccc(O)c(C(C)C)c2)c(C)c1)OCCSC(C)=O. The molecule has 0 aromatic heterocycles. The van der Waals surface area contributed by atoms with Gasteiger partial charge in [0.1, 0.15) is 17.8 Å². The Hall–Kier alpha value is -1.77. The number of thioether (sulfide) groups is 2. The smallest absolute Gasteiger partial charge is 0.367 e. The lowest BCUT2D eigenvalue weighted by molar-refractivity contribution is -0.109. The van der Waals surface area contributed by atoms with Crippen LogP contribution in [0.3, 0.4) is 0 Å². The predicted molar refractivity (Wildman–Crippen MR) is 159 cm³/mol. The summed E-state index contributed by atoms with van der Waals surface area (Å²) in [5.41, 5.74) is 5.40. The van der Waals surface area contributed by atoms with Crippen LogP contribution in [0.25, 0.3) is 0 Å². The summed E-state index contributed by atoms with van der Waals surface area (Å²) in [4.78, 5) is 19.9. The molecule has 0 bridgehead atoms. The lowest BCUT2D eigenvalue weighted by Crippen LogP contribution is -2.10. The van der Waals surface area contributed by atoms with Crippen LogP contribution >= 0.6 is 31.1 Å². The predicted octanol–water partition coefficient (Wildman–Crippen LogP) is 7.13. The molecule has 0 saturated heterocycles. The van der Waals surface area contributed by atoms with E-state index >= 15 is 0 Å². The van der Waals surface area contributed by atoms with Gasteiger partial charge in [-0.1, -0.05) is 37.7 Å². The van der Waals surface area contributed by atoms with Crippen molar-refractivity contribution in [1.29, 1.82) is 0 Å². The molecule has 2 aromatic carbocycles. The number of carbonyl (C=O) groups excluding carboxylic acids is 2. The van der Waals surface area contributed by atoms with E-state index in [-0.39, 0.29) is 24.0 Å². The number of aryl methyl sites for hydroxylation is 2. The van der Waals surface area contributed by atoms with Gasteiger partial charge in [-0.15, -0.1) is 0 Å². The van der Waals surface area contributed by atoms with Gasteiger partial charge in [0.2, 0.25) is 0 Å². The highest BCUT2D eigenvalue weighted by Gasteiger charge is 2.26. The van der Waals surface area contributed by atoms with E-state index in [9.17, 15) is 14.5 Å². The maximum Gasteiger partial charge on any atom is 0.367 e. The van der Waals surface area contributed by atoms with Crippen LogP contribution in [0.2, 0.25) is 0 Å². The van der Waals surface area contributed by atoms with Gasteiger partial charge >= 0.3 is 7.60 Å². The van der Waals surface area contributed by atoms with Crippen LogP contribution in [0.1, 0.15) is 61.4 Å². The molecule has 38 heavy (non-hydrogen) atoms. The summed E-state index contributed by atoms with van der Waals surface area (Å²) >= 11 is 2.72. The zero-order chi connectivity index (χ0) is 28.7. The summed E-state index contributed by atoms with van der Waals surface area (Å²) in [5.74, 6) is 2.27. The Labute approximate surface area is 236 Å². The zero-order valence-corrected chi connectivity index (χ0v) is 26.0. The van der Waals surface area contributed by atoms with E-state index in [0.717, 1.165) is 46.7 Å². The maximum absolute atomic E-state index is 13.2. The van der Waals surface area contributed by atoms with Gasteiger partial charge in [-0.3, -0.25) is 9.36 Å². The first kappa shape index (κ1) is 34.3. The molecule has 1 N–H and O–H groups in total. The van der Waals surface area contributed by atoms with Crippen LogP contribution in [0.5, 0.6) is 11.5 Å². The lowest BCUT2D eigenvalue weighted by Gasteiger charge is -2.20. The normalized spacial score (nSPS) is 12.4. The fraction of sp³-hybridized carbons (Fsp3) is 0.500. The number of phenols is 1. The summed E-state index contributed by atoms with van der Waals surface area (Å²) in [7, 11) is -3.47. The van der Waals surface area contributed by atoms with Crippen molar-refractivity contribution in [3.05, 3.63) is 58.1 Å². The zero-order valence-electron chi connectivity index (χ0n) is 23.4. The van der Waals surface area contributed by atoms with E-state index in [2.05, 4.69) is 19.9 Å². The van der Waals surface area contributed by atoms with E-state index in [1.165, 1.54) is 19.4 Å². The Morgan fingerprint density at radius 1 is 1.08 bits per heavy atom. The molecule has 2 aromatic rings. The first-order valence-corrected chi connectivity index (χ1v) is 16.5. The van der Waals surface area contributed by atoms with E-state index in [1.54, 1.807) is 17.8 Å². The summed E-state index contributed by atoms with van der Waals surface area (Å²) in [5, 5.41) is 10.1. The highest BCUT2D eigenvalue weighted by Crippen LogP contribution is 2.48. The standard InChI is InChI=1S/C26H37O6PS2.C2H4O/c1-18(2)24-15-22(7-8-26(24)28)16-25-19(3)13-23(14-20(25)4)30-17-33(29,31-9-11-34-6)32-10-12-35-21(5)27;1-2-3/h7-8,13-15,18,28H,9-12,16-17H2,1-6H3;2H,1H3. The van der Waals surface area contributed by atoms with Crippen LogP contribution in [-0.2, 0) is 29.6 Å². The van der Waals surface area contributed by atoms with Crippen LogP contribution in [0.15, 0.2) is 30.3 Å². The molecule has 2 rings (SSSR count). The summed E-state index contributed by atoms with van der Waals surface area (Å²) in [6.07, 6.45) is 3.25.